The topological polar surface area (TPSA) is 29.1 Å². The van der Waals surface area contributed by atoms with Crippen LogP contribution >= 0.6 is 0 Å². The van der Waals surface area contributed by atoms with Gasteiger partial charge in [0.15, 0.2) is 0 Å². The van der Waals surface area contributed by atoms with E-state index < -0.39 is 8.07 Å². The van der Waals surface area contributed by atoms with Gasteiger partial charge in [0.1, 0.15) is 6.29 Å². The van der Waals surface area contributed by atoms with Crippen molar-refractivity contribution in [1.29, 1.82) is 0 Å². The number of carbonyl (C=O) groups is 1. The Morgan fingerprint density at radius 2 is 1.93 bits per heavy atom. The number of rotatable bonds is 3. The van der Waals surface area contributed by atoms with Crippen LogP contribution in [0.1, 0.15) is 26.2 Å². The summed E-state index contributed by atoms with van der Waals surface area (Å²) >= 11 is 0. The molecule has 2 fully saturated rings. The van der Waals surface area contributed by atoms with E-state index in [0.29, 0.717) is 11.0 Å². The van der Waals surface area contributed by atoms with Crippen LogP contribution in [0.15, 0.2) is 0 Å². The fourth-order valence-corrected chi connectivity index (χ4v) is 6.75. The molecule has 0 amide bonds. The normalized spacial score (nSPS) is 39.1. The van der Waals surface area contributed by atoms with Crippen LogP contribution in [-0.4, -0.2) is 26.4 Å². The highest BCUT2D eigenvalue weighted by atomic mass is 28.3. The van der Waals surface area contributed by atoms with Crippen LogP contribution in [0.4, 0.5) is 0 Å². The Kier molecular flexibility index (Phi) is 2.40. The lowest BCUT2D eigenvalue weighted by Gasteiger charge is -2.40. The quantitative estimate of drug-likeness (QED) is 0.590. The van der Waals surface area contributed by atoms with Crippen molar-refractivity contribution in [2.24, 2.45) is 5.92 Å². The number of carbonyl (C=O) groups excluding carboxylic acids is 1. The average Bonchev–Trinajstić information content (AvgIpc) is 2.86. The third-order valence-corrected chi connectivity index (χ3v) is 8.69. The molecule has 2 aliphatic rings. The second kappa shape index (κ2) is 3.17. The molecule has 0 bridgehead atoms. The lowest BCUT2D eigenvalue weighted by atomic mass is 9.84. The number of hydrogen-bond acceptors (Lipinski definition) is 2. The van der Waals surface area contributed by atoms with Crippen molar-refractivity contribution in [3.05, 3.63) is 0 Å². The van der Waals surface area contributed by atoms with Gasteiger partial charge in [-0.1, -0.05) is 19.6 Å². The predicted octanol–water partition coefficient (Wildman–Crippen LogP) is 2.43. The maximum atomic E-state index is 11.3. The molecule has 0 aromatic carbocycles. The molecule has 15 heavy (non-hydrogen) atoms. The van der Waals surface area contributed by atoms with E-state index in [4.69, 9.17) is 0 Å². The van der Waals surface area contributed by atoms with E-state index in [0.717, 1.165) is 12.8 Å². The summed E-state index contributed by atoms with van der Waals surface area (Å²) < 4.78 is 0. The average molecular weight is 225 g/mol. The standard InChI is InChI=1S/C12H23NOSi/c1-11(9-14)10(5-8-13-11)12(6-7-12)15(2,3)4/h9-10,13H,5-8H2,1-4H3/t10?,11-/m0/s1. The van der Waals surface area contributed by atoms with E-state index in [9.17, 15) is 4.79 Å². The molecule has 0 radical (unpaired) electrons. The van der Waals surface area contributed by atoms with E-state index >= 15 is 0 Å². The van der Waals surface area contributed by atoms with Gasteiger partial charge in [-0.25, -0.2) is 0 Å². The summed E-state index contributed by atoms with van der Waals surface area (Å²) in [6.07, 6.45) is 5.07. The summed E-state index contributed by atoms with van der Waals surface area (Å²) in [6, 6.07) is 0. The molecular weight excluding hydrogens is 202 g/mol. The van der Waals surface area contributed by atoms with E-state index in [2.05, 4.69) is 31.9 Å². The molecule has 1 aliphatic heterocycles. The molecule has 3 heteroatoms. The molecule has 1 N–H and O–H groups in total. The van der Waals surface area contributed by atoms with Gasteiger partial charge in [0, 0.05) is 0 Å². The smallest absolute Gasteiger partial charge is 0.140 e. The Labute approximate surface area is 93.8 Å². The summed E-state index contributed by atoms with van der Waals surface area (Å²) in [5, 5.41) is 3.95. The predicted molar refractivity (Wildman–Crippen MR) is 65.9 cm³/mol. The summed E-state index contributed by atoms with van der Waals surface area (Å²) in [5.41, 5.74) is -0.239. The van der Waals surface area contributed by atoms with Gasteiger partial charge in [-0.3, -0.25) is 0 Å². The SMILES string of the molecule is C[C@@]1(C=O)NCCC1C1([Si](C)(C)C)CC1. The first kappa shape index (κ1) is 11.3. The van der Waals surface area contributed by atoms with E-state index in [1.807, 2.05) is 0 Å². The monoisotopic (exact) mass is 225 g/mol. The van der Waals surface area contributed by atoms with Crippen molar-refractivity contribution in [3.8, 4) is 0 Å². The highest BCUT2D eigenvalue weighted by molar-refractivity contribution is 6.80. The Bertz CT molecular complexity index is 280. The fourth-order valence-electron chi connectivity index (χ4n) is 3.64. The maximum absolute atomic E-state index is 11.3. The van der Waals surface area contributed by atoms with Crippen LogP contribution in [0.5, 0.6) is 0 Å². The van der Waals surface area contributed by atoms with E-state index in [1.54, 1.807) is 0 Å². The Morgan fingerprint density at radius 1 is 1.33 bits per heavy atom. The highest BCUT2D eigenvalue weighted by Crippen LogP contribution is 2.69. The van der Waals surface area contributed by atoms with E-state index in [1.165, 1.54) is 19.3 Å². The van der Waals surface area contributed by atoms with Crippen LogP contribution in [0.25, 0.3) is 0 Å². The summed E-state index contributed by atoms with van der Waals surface area (Å²) in [4.78, 5) is 11.3. The zero-order valence-electron chi connectivity index (χ0n) is 10.4. The van der Waals surface area contributed by atoms with E-state index in [-0.39, 0.29) is 5.54 Å². The van der Waals surface area contributed by atoms with Crippen molar-refractivity contribution >= 4 is 14.4 Å². The minimum atomic E-state index is -1.14. The minimum Gasteiger partial charge on any atom is -0.305 e. The van der Waals surface area contributed by atoms with Crippen LogP contribution in [-0.2, 0) is 4.79 Å². The first-order chi connectivity index (χ1) is 6.86. The van der Waals surface area contributed by atoms with Crippen molar-refractivity contribution in [3.63, 3.8) is 0 Å². The first-order valence-corrected chi connectivity index (χ1v) is 9.57. The van der Waals surface area contributed by atoms with Gasteiger partial charge in [0.2, 0.25) is 0 Å². The fraction of sp³-hybridized carbons (Fsp3) is 0.917. The maximum Gasteiger partial charge on any atom is 0.140 e. The largest absolute Gasteiger partial charge is 0.305 e. The van der Waals surface area contributed by atoms with Crippen LogP contribution in [0.3, 0.4) is 0 Å². The molecule has 0 aromatic heterocycles. The van der Waals surface area contributed by atoms with Crippen molar-refractivity contribution in [2.75, 3.05) is 6.54 Å². The van der Waals surface area contributed by atoms with Gasteiger partial charge in [-0.05, 0) is 43.7 Å². The Morgan fingerprint density at radius 3 is 2.33 bits per heavy atom. The first-order valence-electron chi connectivity index (χ1n) is 6.07. The van der Waals surface area contributed by atoms with Crippen LogP contribution in [0, 0.1) is 5.92 Å². The zero-order chi connectivity index (χ0) is 11.3. The second-order valence-corrected chi connectivity index (χ2v) is 12.1. The number of aldehydes is 1. The molecule has 2 nitrogen and oxygen atoms in total. The molecule has 2 atom stereocenters. The lowest BCUT2D eigenvalue weighted by Crippen LogP contribution is -2.49. The highest BCUT2D eigenvalue weighted by Gasteiger charge is 2.63. The second-order valence-electron chi connectivity index (χ2n) is 6.57. The van der Waals surface area contributed by atoms with Gasteiger partial charge in [-0.15, -0.1) is 0 Å². The molecule has 1 aliphatic carbocycles. The molecule has 1 unspecified atom stereocenters. The van der Waals surface area contributed by atoms with Crippen molar-refractivity contribution < 1.29 is 4.79 Å². The minimum absolute atomic E-state index is 0.239. The summed E-state index contributed by atoms with van der Waals surface area (Å²) in [5.74, 6) is 0.592. The molecule has 0 spiro atoms. The third kappa shape index (κ3) is 1.51. The molecule has 1 heterocycles. The van der Waals surface area contributed by atoms with Gasteiger partial charge in [-0.2, -0.15) is 0 Å². The summed E-state index contributed by atoms with van der Waals surface area (Å²) in [7, 11) is -1.14. The Hall–Kier alpha value is -0.153. The number of hydrogen-bond donors (Lipinski definition) is 1. The Balaban J connectivity index is 2.28. The van der Waals surface area contributed by atoms with Gasteiger partial charge in [0.25, 0.3) is 0 Å². The van der Waals surface area contributed by atoms with Crippen LogP contribution in [0.2, 0.25) is 24.7 Å². The van der Waals surface area contributed by atoms with Gasteiger partial charge < -0.3 is 10.1 Å². The van der Waals surface area contributed by atoms with Crippen LogP contribution < -0.4 is 5.32 Å². The molecule has 86 valence electrons. The molecule has 0 aromatic rings. The zero-order valence-corrected chi connectivity index (χ0v) is 11.4. The molecule has 1 saturated carbocycles. The van der Waals surface area contributed by atoms with Crippen molar-refractivity contribution in [1.82, 2.24) is 5.32 Å². The molecular formula is C12H23NOSi. The van der Waals surface area contributed by atoms with Gasteiger partial charge in [0.05, 0.1) is 13.6 Å². The third-order valence-electron chi connectivity index (χ3n) is 4.86. The summed E-state index contributed by atoms with van der Waals surface area (Å²) in [6.45, 7) is 10.5. The van der Waals surface area contributed by atoms with Crippen molar-refractivity contribution in [2.45, 2.75) is 56.4 Å². The molecule has 2 rings (SSSR count). The lowest BCUT2D eigenvalue weighted by molar-refractivity contribution is -0.113. The van der Waals surface area contributed by atoms with Gasteiger partial charge >= 0.3 is 0 Å². The molecule has 1 saturated heterocycles. The number of nitrogens with one attached hydrogen (secondary N) is 1.